The first-order valence-electron chi connectivity index (χ1n) is 4.26. The zero-order valence-corrected chi connectivity index (χ0v) is 8.58. The SMILES string of the molecule is C=CC(=O)NC.Cc1cccc(N)c1. The molecule has 0 heterocycles. The van der Waals surface area contributed by atoms with E-state index in [9.17, 15) is 4.79 Å². The van der Waals surface area contributed by atoms with Crippen LogP contribution >= 0.6 is 0 Å². The number of aryl methyl sites for hydroxylation is 1. The number of carbonyl (C=O) groups excluding carboxylic acids is 1. The number of likely N-dealkylation sites (N-methyl/N-ethyl adjacent to an activating group) is 1. The normalized spacial score (nSPS) is 8.14. The molecule has 0 aromatic heterocycles. The molecule has 0 unspecified atom stereocenters. The lowest BCUT2D eigenvalue weighted by Gasteiger charge is -1.91. The van der Waals surface area contributed by atoms with Crippen LogP contribution in [-0.4, -0.2) is 13.0 Å². The molecule has 0 bridgehead atoms. The Morgan fingerprint density at radius 3 is 2.43 bits per heavy atom. The summed E-state index contributed by atoms with van der Waals surface area (Å²) >= 11 is 0. The molecule has 0 saturated heterocycles. The quantitative estimate of drug-likeness (QED) is 0.523. The van der Waals surface area contributed by atoms with Crippen LogP contribution in [0.3, 0.4) is 0 Å². The molecule has 1 amide bonds. The molecule has 0 spiro atoms. The summed E-state index contributed by atoms with van der Waals surface area (Å²) < 4.78 is 0. The number of rotatable bonds is 1. The third kappa shape index (κ3) is 5.83. The fraction of sp³-hybridized carbons (Fsp3) is 0.182. The van der Waals surface area contributed by atoms with E-state index in [0.717, 1.165) is 5.69 Å². The maximum Gasteiger partial charge on any atom is 0.243 e. The highest BCUT2D eigenvalue weighted by Crippen LogP contribution is 2.03. The van der Waals surface area contributed by atoms with Gasteiger partial charge >= 0.3 is 0 Å². The summed E-state index contributed by atoms with van der Waals surface area (Å²) in [7, 11) is 1.56. The monoisotopic (exact) mass is 192 g/mol. The van der Waals surface area contributed by atoms with Gasteiger partial charge in [-0.05, 0) is 30.7 Å². The van der Waals surface area contributed by atoms with Gasteiger partial charge in [-0.15, -0.1) is 0 Å². The number of carbonyl (C=O) groups is 1. The highest BCUT2D eigenvalue weighted by atomic mass is 16.1. The van der Waals surface area contributed by atoms with E-state index in [2.05, 4.69) is 11.9 Å². The topological polar surface area (TPSA) is 55.1 Å². The van der Waals surface area contributed by atoms with E-state index in [1.165, 1.54) is 11.6 Å². The third-order valence-corrected chi connectivity index (χ3v) is 1.47. The predicted molar refractivity (Wildman–Crippen MR) is 59.9 cm³/mol. The van der Waals surface area contributed by atoms with Gasteiger partial charge in [0.1, 0.15) is 0 Å². The number of hydrogen-bond donors (Lipinski definition) is 2. The number of nitrogen functional groups attached to an aromatic ring is 1. The molecular formula is C11H16N2O. The van der Waals surface area contributed by atoms with Crippen LogP contribution in [-0.2, 0) is 4.79 Å². The first kappa shape index (κ1) is 12.2. The maximum atomic E-state index is 9.95. The van der Waals surface area contributed by atoms with E-state index in [1.54, 1.807) is 7.05 Å². The second-order valence-corrected chi connectivity index (χ2v) is 2.73. The molecule has 76 valence electrons. The summed E-state index contributed by atoms with van der Waals surface area (Å²) in [6.45, 7) is 5.24. The van der Waals surface area contributed by atoms with Gasteiger partial charge in [0.2, 0.25) is 5.91 Å². The summed E-state index contributed by atoms with van der Waals surface area (Å²) in [4.78, 5) is 9.95. The van der Waals surface area contributed by atoms with Crippen molar-refractivity contribution in [3.8, 4) is 0 Å². The minimum atomic E-state index is -0.144. The van der Waals surface area contributed by atoms with E-state index in [0.29, 0.717) is 0 Å². The van der Waals surface area contributed by atoms with Crippen LogP contribution in [0.1, 0.15) is 5.56 Å². The van der Waals surface area contributed by atoms with Crippen molar-refractivity contribution in [2.24, 2.45) is 0 Å². The summed E-state index contributed by atoms with van der Waals surface area (Å²) in [5.74, 6) is -0.144. The van der Waals surface area contributed by atoms with Crippen molar-refractivity contribution in [1.82, 2.24) is 5.32 Å². The molecule has 0 aliphatic heterocycles. The fourth-order valence-electron chi connectivity index (χ4n) is 0.772. The van der Waals surface area contributed by atoms with Gasteiger partial charge in [0, 0.05) is 12.7 Å². The molecule has 3 heteroatoms. The van der Waals surface area contributed by atoms with Crippen LogP contribution in [0.15, 0.2) is 36.9 Å². The van der Waals surface area contributed by atoms with Crippen molar-refractivity contribution in [3.63, 3.8) is 0 Å². The lowest BCUT2D eigenvalue weighted by Crippen LogP contribution is -2.13. The second kappa shape index (κ2) is 6.71. The zero-order chi connectivity index (χ0) is 11.0. The smallest absolute Gasteiger partial charge is 0.243 e. The minimum absolute atomic E-state index is 0.144. The maximum absolute atomic E-state index is 9.95. The van der Waals surface area contributed by atoms with E-state index >= 15 is 0 Å². The molecule has 0 aliphatic rings. The van der Waals surface area contributed by atoms with Gasteiger partial charge in [-0.3, -0.25) is 4.79 Å². The Balaban J connectivity index is 0.000000255. The molecule has 1 aromatic carbocycles. The predicted octanol–water partition coefficient (Wildman–Crippen LogP) is 1.50. The Labute approximate surface area is 84.6 Å². The fourth-order valence-corrected chi connectivity index (χ4v) is 0.772. The number of hydrogen-bond acceptors (Lipinski definition) is 2. The van der Waals surface area contributed by atoms with Gasteiger partial charge in [0.05, 0.1) is 0 Å². The van der Waals surface area contributed by atoms with Crippen molar-refractivity contribution < 1.29 is 4.79 Å². The Bertz CT molecular complexity index is 291. The Hall–Kier alpha value is -1.77. The van der Waals surface area contributed by atoms with Gasteiger partial charge in [-0.1, -0.05) is 18.7 Å². The lowest BCUT2D eigenvalue weighted by molar-refractivity contribution is -0.116. The number of amides is 1. The van der Waals surface area contributed by atoms with Crippen molar-refractivity contribution in [3.05, 3.63) is 42.5 Å². The summed E-state index contributed by atoms with van der Waals surface area (Å²) in [6.07, 6.45) is 1.22. The first-order valence-corrected chi connectivity index (χ1v) is 4.26. The highest BCUT2D eigenvalue weighted by Gasteiger charge is 1.81. The second-order valence-electron chi connectivity index (χ2n) is 2.73. The largest absolute Gasteiger partial charge is 0.399 e. The Kier molecular flexibility index (Phi) is 5.87. The van der Waals surface area contributed by atoms with Crippen LogP contribution in [0.5, 0.6) is 0 Å². The van der Waals surface area contributed by atoms with Crippen molar-refractivity contribution >= 4 is 11.6 Å². The third-order valence-electron chi connectivity index (χ3n) is 1.47. The molecule has 0 aliphatic carbocycles. The zero-order valence-electron chi connectivity index (χ0n) is 8.58. The molecule has 3 nitrogen and oxygen atoms in total. The molecule has 14 heavy (non-hydrogen) atoms. The number of benzene rings is 1. The van der Waals surface area contributed by atoms with Crippen molar-refractivity contribution in [2.45, 2.75) is 6.92 Å². The molecule has 0 saturated carbocycles. The van der Waals surface area contributed by atoms with Crippen LogP contribution in [0.2, 0.25) is 0 Å². The first-order chi connectivity index (χ1) is 6.60. The molecule has 0 fully saturated rings. The van der Waals surface area contributed by atoms with Crippen LogP contribution < -0.4 is 11.1 Å². The van der Waals surface area contributed by atoms with Gasteiger partial charge in [0.25, 0.3) is 0 Å². The number of nitrogens with one attached hydrogen (secondary N) is 1. The lowest BCUT2D eigenvalue weighted by atomic mass is 10.2. The number of nitrogens with two attached hydrogens (primary N) is 1. The summed E-state index contributed by atoms with van der Waals surface area (Å²) in [5, 5.41) is 2.36. The standard InChI is InChI=1S/C7H9N.C4H7NO/c1-6-3-2-4-7(8)5-6;1-3-4(6)5-2/h2-5H,8H2,1H3;3H,1H2,2H3,(H,5,6). The van der Waals surface area contributed by atoms with Gasteiger partial charge in [-0.2, -0.15) is 0 Å². The van der Waals surface area contributed by atoms with Crippen molar-refractivity contribution in [1.29, 1.82) is 0 Å². The van der Waals surface area contributed by atoms with E-state index in [1.807, 2.05) is 31.2 Å². The number of anilines is 1. The average molecular weight is 192 g/mol. The Morgan fingerprint density at radius 1 is 1.57 bits per heavy atom. The molecule has 3 N–H and O–H groups in total. The average Bonchev–Trinajstić information content (AvgIpc) is 2.17. The van der Waals surface area contributed by atoms with E-state index < -0.39 is 0 Å². The van der Waals surface area contributed by atoms with Gasteiger partial charge in [-0.25, -0.2) is 0 Å². The summed E-state index contributed by atoms with van der Waals surface area (Å²) in [5.41, 5.74) is 7.51. The molecular weight excluding hydrogens is 176 g/mol. The molecule has 0 radical (unpaired) electrons. The van der Waals surface area contributed by atoms with Crippen molar-refractivity contribution in [2.75, 3.05) is 12.8 Å². The minimum Gasteiger partial charge on any atom is -0.399 e. The van der Waals surface area contributed by atoms with Crippen LogP contribution in [0, 0.1) is 6.92 Å². The van der Waals surface area contributed by atoms with E-state index in [4.69, 9.17) is 5.73 Å². The molecule has 1 rings (SSSR count). The van der Waals surface area contributed by atoms with Gasteiger partial charge in [0.15, 0.2) is 0 Å². The summed E-state index contributed by atoms with van der Waals surface area (Å²) in [6, 6.07) is 7.80. The molecule has 0 atom stereocenters. The Morgan fingerprint density at radius 2 is 2.21 bits per heavy atom. The van der Waals surface area contributed by atoms with Gasteiger partial charge < -0.3 is 11.1 Å². The highest BCUT2D eigenvalue weighted by molar-refractivity contribution is 5.86. The van der Waals surface area contributed by atoms with E-state index in [-0.39, 0.29) is 5.91 Å². The van der Waals surface area contributed by atoms with Crippen LogP contribution in [0.25, 0.3) is 0 Å². The molecule has 1 aromatic rings. The van der Waals surface area contributed by atoms with Crippen LogP contribution in [0.4, 0.5) is 5.69 Å².